The van der Waals surface area contributed by atoms with Gasteiger partial charge in [0.05, 0.1) is 11.8 Å². The van der Waals surface area contributed by atoms with Crippen LogP contribution in [0.15, 0.2) is 17.8 Å². The standard InChI is InChI=1S/C12H17N3OS/c13-9(7-11-2-1-4-16-11)6-10-8-15-3-5-17-12(15)14-10/h3,5,8-9,11H,1-2,4,6-7,13H2. The summed E-state index contributed by atoms with van der Waals surface area (Å²) < 4.78 is 7.66. The first kappa shape index (κ1) is 11.2. The fraction of sp³-hybridized carbons (Fsp3) is 0.583. The Morgan fingerprint density at radius 2 is 2.59 bits per heavy atom. The highest BCUT2D eigenvalue weighted by molar-refractivity contribution is 7.15. The minimum atomic E-state index is 0.155. The quantitative estimate of drug-likeness (QED) is 0.902. The highest BCUT2D eigenvalue weighted by Gasteiger charge is 2.19. The first-order chi connectivity index (χ1) is 8.31. The van der Waals surface area contributed by atoms with E-state index in [2.05, 4.69) is 15.6 Å². The van der Waals surface area contributed by atoms with E-state index in [1.807, 2.05) is 11.6 Å². The lowest BCUT2D eigenvalue weighted by atomic mass is 10.0. The maximum atomic E-state index is 6.15. The molecule has 0 radical (unpaired) electrons. The van der Waals surface area contributed by atoms with Gasteiger partial charge in [0.2, 0.25) is 0 Å². The molecule has 92 valence electrons. The first-order valence-electron chi connectivity index (χ1n) is 6.09. The molecule has 2 aromatic heterocycles. The van der Waals surface area contributed by atoms with Gasteiger partial charge in [-0.15, -0.1) is 11.3 Å². The van der Waals surface area contributed by atoms with Crippen molar-refractivity contribution in [2.75, 3.05) is 6.61 Å². The zero-order chi connectivity index (χ0) is 11.7. The molecule has 4 nitrogen and oxygen atoms in total. The molecule has 0 bridgehead atoms. The summed E-state index contributed by atoms with van der Waals surface area (Å²) in [7, 11) is 0. The van der Waals surface area contributed by atoms with Crippen molar-refractivity contribution >= 4 is 16.3 Å². The van der Waals surface area contributed by atoms with Crippen LogP contribution in [0.3, 0.4) is 0 Å². The van der Waals surface area contributed by atoms with Crippen LogP contribution in [0.4, 0.5) is 0 Å². The lowest BCUT2D eigenvalue weighted by Gasteiger charge is -2.14. The van der Waals surface area contributed by atoms with Crippen LogP contribution >= 0.6 is 11.3 Å². The molecule has 0 saturated carbocycles. The van der Waals surface area contributed by atoms with Gasteiger partial charge in [-0.25, -0.2) is 4.98 Å². The van der Waals surface area contributed by atoms with Crippen LogP contribution in [0, 0.1) is 0 Å². The van der Waals surface area contributed by atoms with E-state index in [-0.39, 0.29) is 6.04 Å². The number of imidazole rings is 1. The summed E-state index contributed by atoms with van der Waals surface area (Å²) in [4.78, 5) is 5.59. The molecule has 1 saturated heterocycles. The molecular weight excluding hydrogens is 234 g/mol. The highest BCUT2D eigenvalue weighted by Crippen LogP contribution is 2.18. The molecule has 0 aromatic carbocycles. The number of thiazole rings is 1. The highest BCUT2D eigenvalue weighted by atomic mass is 32.1. The second-order valence-electron chi connectivity index (χ2n) is 4.66. The second kappa shape index (κ2) is 4.76. The van der Waals surface area contributed by atoms with Gasteiger partial charge in [0.15, 0.2) is 4.96 Å². The van der Waals surface area contributed by atoms with Gasteiger partial charge >= 0.3 is 0 Å². The van der Waals surface area contributed by atoms with E-state index < -0.39 is 0 Å². The monoisotopic (exact) mass is 251 g/mol. The smallest absolute Gasteiger partial charge is 0.193 e. The molecule has 5 heteroatoms. The van der Waals surface area contributed by atoms with Gasteiger partial charge in [-0.1, -0.05) is 0 Å². The van der Waals surface area contributed by atoms with Crippen LogP contribution in [0.5, 0.6) is 0 Å². The zero-order valence-corrected chi connectivity index (χ0v) is 10.5. The lowest BCUT2D eigenvalue weighted by molar-refractivity contribution is 0.0983. The van der Waals surface area contributed by atoms with E-state index in [0.29, 0.717) is 6.10 Å². The van der Waals surface area contributed by atoms with E-state index in [1.54, 1.807) is 11.3 Å². The molecule has 2 aromatic rings. The normalized spacial score (nSPS) is 22.3. The molecule has 1 aliphatic heterocycles. The Hall–Kier alpha value is -0.910. The van der Waals surface area contributed by atoms with Crippen LogP contribution in [0.25, 0.3) is 4.96 Å². The van der Waals surface area contributed by atoms with E-state index in [9.17, 15) is 0 Å². The average Bonchev–Trinajstić information content (AvgIpc) is 2.92. The molecule has 17 heavy (non-hydrogen) atoms. The van der Waals surface area contributed by atoms with Crippen molar-refractivity contribution in [2.45, 2.75) is 37.8 Å². The fourth-order valence-electron chi connectivity index (χ4n) is 2.39. The van der Waals surface area contributed by atoms with Gasteiger partial charge in [-0.2, -0.15) is 0 Å². The number of fused-ring (bicyclic) bond motifs is 1. The van der Waals surface area contributed by atoms with Crippen molar-refractivity contribution in [3.05, 3.63) is 23.5 Å². The van der Waals surface area contributed by atoms with Crippen molar-refractivity contribution in [1.82, 2.24) is 9.38 Å². The summed E-state index contributed by atoms with van der Waals surface area (Å²) in [6.07, 6.45) is 8.60. The summed E-state index contributed by atoms with van der Waals surface area (Å²) in [5.41, 5.74) is 7.24. The average molecular weight is 251 g/mol. The maximum absolute atomic E-state index is 6.15. The third-order valence-electron chi connectivity index (χ3n) is 3.20. The summed E-state index contributed by atoms with van der Waals surface area (Å²) in [6, 6.07) is 0.155. The first-order valence-corrected chi connectivity index (χ1v) is 6.97. The van der Waals surface area contributed by atoms with Gasteiger partial charge in [0.25, 0.3) is 0 Å². The van der Waals surface area contributed by atoms with Gasteiger partial charge in [-0.05, 0) is 19.3 Å². The molecule has 2 unspecified atom stereocenters. The second-order valence-corrected chi connectivity index (χ2v) is 5.53. The Balaban J connectivity index is 1.60. The van der Waals surface area contributed by atoms with Crippen molar-refractivity contribution in [3.63, 3.8) is 0 Å². The Morgan fingerprint density at radius 3 is 3.35 bits per heavy atom. The van der Waals surface area contributed by atoms with E-state index in [0.717, 1.165) is 36.5 Å². The number of hydrogen-bond donors (Lipinski definition) is 1. The van der Waals surface area contributed by atoms with Gasteiger partial charge in [0, 0.05) is 36.8 Å². The van der Waals surface area contributed by atoms with Crippen LogP contribution < -0.4 is 5.73 Å². The Bertz CT molecular complexity index is 458. The minimum absolute atomic E-state index is 0.155. The van der Waals surface area contributed by atoms with Crippen LogP contribution in [0.2, 0.25) is 0 Å². The van der Waals surface area contributed by atoms with Crippen molar-refractivity contribution in [3.8, 4) is 0 Å². The van der Waals surface area contributed by atoms with Gasteiger partial charge in [-0.3, -0.25) is 4.40 Å². The van der Waals surface area contributed by atoms with Crippen LogP contribution in [-0.4, -0.2) is 28.1 Å². The number of nitrogens with two attached hydrogens (primary N) is 1. The number of nitrogens with zero attached hydrogens (tertiary/aromatic N) is 2. The molecule has 0 amide bonds. The topological polar surface area (TPSA) is 52.5 Å². The molecule has 2 N–H and O–H groups in total. The SMILES string of the molecule is NC(Cc1cn2ccsc2n1)CC1CCCO1. The molecule has 0 spiro atoms. The number of ether oxygens (including phenoxy) is 1. The van der Waals surface area contributed by atoms with Crippen molar-refractivity contribution in [1.29, 1.82) is 0 Å². The van der Waals surface area contributed by atoms with Crippen LogP contribution in [0.1, 0.15) is 25.0 Å². The predicted octanol–water partition coefficient (Wildman–Crippen LogP) is 1.83. The summed E-state index contributed by atoms with van der Waals surface area (Å²) in [5.74, 6) is 0. The molecule has 3 heterocycles. The Kier molecular flexibility index (Phi) is 3.13. The number of hydrogen-bond acceptors (Lipinski definition) is 4. The van der Waals surface area contributed by atoms with E-state index in [4.69, 9.17) is 10.5 Å². The summed E-state index contributed by atoms with van der Waals surface area (Å²) in [6.45, 7) is 0.900. The summed E-state index contributed by atoms with van der Waals surface area (Å²) >= 11 is 1.65. The molecule has 1 aliphatic rings. The minimum Gasteiger partial charge on any atom is -0.378 e. The van der Waals surface area contributed by atoms with Gasteiger partial charge in [0.1, 0.15) is 0 Å². The third kappa shape index (κ3) is 2.51. The molecule has 0 aliphatic carbocycles. The summed E-state index contributed by atoms with van der Waals surface area (Å²) in [5, 5.41) is 2.04. The number of aromatic nitrogens is 2. The molecule has 1 fully saturated rings. The third-order valence-corrected chi connectivity index (χ3v) is 3.97. The Labute approximate surface area is 104 Å². The molecular formula is C12H17N3OS. The van der Waals surface area contributed by atoms with Gasteiger partial charge < -0.3 is 10.5 Å². The predicted molar refractivity (Wildman–Crippen MR) is 68.3 cm³/mol. The van der Waals surface area contributed by atoms with Crippen LogP contribution in [-0.2, 0) is 11.2 Å². The Morgan fingerprint density at radius 1 is 1.65 bits per heavy atom. The number of rotatable bonds is 4. The maximum Gasteiger partial charge on any atom is 0.193 e. The molecule has 2 atom stereocenters. The van der Waals surface area contributed by atoms with E-state index >= 15 is 0 Å². The fourth-order valence-corrected chi connectivity index (χ4v) is 3.11. The molecule has 3 rings (SSSR count). The zero-order valence-electron chi connectivity index (χ0n) is 9.71. The lowest BCUT2D eigenvalue weighted by Crippen LogP contribution is -2.28. The van der Waals surface area contributed by atoms with Crippen molar-refractivity contribution in [2.24, 2.45) is 5.73 Å². The largest absolute Gasteiger partial charge is 0.378 e. The van der Waals surface area contributed by atoms with Crippen molar-refractivity contribution < 1.29 is 4.74 Å². The van der Waals surface area contributed by atoms with E-state index in [1.165, 1.54) is 6.42 Å².